The quantitative estimate of drug-likeness (QED) is 0.376. The molecule has 0 aromatic rings. The van der Waals surface area contributed by atoms with Gasteiger partial charge in [0.25, 0.3) is 5.91 Å². The fourth-order valence-electron chi connectivity index (χ4n) is 1.71. The fourth-order valence-corrected chi connectivity index (χ4v) is 1.71. The summed E-state index contributed by atoms with van der Waals surface area (Å²) in [5.41, 5.74) is 0.107. The van der Waals surface area contributed by atoms with Crippen molar-refractivity contribution < 1.29 is 17.9 Å². The van der Waals surface area contributed by atoms with Crippen LogP contribution in [0.3, 0.4) is 0 Å². The number of allylic oxidation sites excluding steroid dienone is 1. The molecule has 4 nitrogen and oxygen atoms in total. The van der Waals surface area contributed by atoms with Crippen molar-refractivity contribution in [2.24, 2.45) is 5.92 Å². The summed E-state index contributed by atoms with van der Waals surface area (Å²) in [6, 6.07) is -0.274. The molecule has 0 aromatic heterocycles. The van der Waals surface area contributed by atoms with Gasteiger partial charge in [0.1, 0.15) is 11.9 Å². The molecule has 0 radical (unpaired) electrons. The van der Waals surface area contributed by atoms with E-state index < -0.39 is 6.10 Å². The molecule has 15 heavy (non-hydrogen) atoms. The molecule has 1 fully saturated rings. The second-order valence-electron chi connectivity index (χ2n) is 3.83. The van der Waals surface area contributed by atoms with E-state index in [0.29, 0.717) is 0 Å². The second kappa shape index (κ2) is 6.09. The minimum absolute atomic E-state index is 0. The van der Waals surface area contributed by atoms with Crippen LogP contribution in [0.1, 0.15) is 30.0 Å². The molecule has 0 bridgehead atoms. The summed E-state index contributed by atoms with van der Waals surface area (Å²) in [5, 5.41) is 21.7. The number of carbonyl (C=O) groups is 1. The third-order valence-electron chi connectivity index (χ3n) is 2.83. The Morgan fingerprint density at radius 2 is 2.20 bits per heavy atom. The van der Waals surface area contributed by atoms with Gasteiger partial charge < -0.3 is 18.4 Å². The summed E-state index contributed by atoms with van der Waals surface area (Å²) in [5.74, 6) is -0.255. The molecular formula is C10H19CaNO3. The van der Waals surface area contributed by atoms with Crippen molar-refractivity contribution in [2.75, 3.05) is 0 Å². The number of hydrogen-bond donors (Lipinski definition) is 3. The van der Waals surface area contributed by atoms with Crippen molar-refractivity contribution in [3.8, 4) is 0 Å². The minimum atomic E-state index is -0.887. The van der Waals surface area contributed by atoms with Gasteiger partial charge in [-0.2, -0.15) is 0 Å². The number of hydrogen-bond acceptors (Lipinski definition) is 3. The SMILES string of the molecule is CCC(C)C1NC(=O)C(=C(C)O)C1O.[Ca+2].[H-].[H-]. The molecule has 1 aliphatic heterocycles. The monoisotopic (exact) mass is 241 g/mol. The number of aliphatic hydroxyl groups is 2. The number of aliphatic hydroxyl groups excluding tert-OH is 2. The molecular weight excluding hydrogens is 222 g/mol. The Labute approximate surface area is 123 Å². The van der Waals surface area contributed by atoms with E-state index in [1.165, 1.54) is 6.92 Å². The first-order valence-corrected chi connectivity index (χ1v) is 4.87. The van der Waals surface area contributed by atoms with Crippen molar-refractivity contribution in [3.63, 3.8) is 0 Å². The molecule has 1 saturated heterocycles. The molecule has 0 aromatic carbocycles. The van der Waals surface area contributed by atoms with Crippen molar-refractivity contribution in [1.82, 2.24) is 5.32 Å². The molecule has 1 aliphatic rings. The Kier molecular flexibility index (Phi) is 6.18. The topological polar surface area (TPSA) is 69.6 Å². The van der Waals surface area contributed by atoms with Crippen molar-refractivity contribution in [2.45, 2.75) is 39.3 Å². The fraction of sp³-hybridized carbons (Fsp3) is 0.700. The van der Waals surface area contributed by atoms with E-state index in [1.54, 1.807) is 0 Å². The maximum absolute atomic E-state index is 11.4. The van der Waals surface area contributed by atoms with Gasteiger partial charge in [-0.05, 0) is 12.8 Å². The summed E-state index contributed by atoms with van der Waals surface area (Å²) < 4.78 is 0. The minimum Gasteiger partial charge on any atom is -1.00 e. The Balaban J connectivity index is -0.000000653. The van der Waals surface area contributed by atoms with E-state index in [2.05, 4.69) is 5.32 Å². The normalized spacial score (nSPS) is 30.5. The van der Waals surface area contributed by atoms with Crippen LogP contribution in [-0.4, -0.2) is 66.0 Å². The zero-order valence-electron chi connectivity index (χ0n) is 11.4. The molecule has 5 heteroatoms. The zero-order chi connectivity index (χ0) is 10.9. The smallest absolute Gasteiger partial charge is 1.00 e. The predicted molar refractivity (Wildman–Crippen MR) is 60.7 cm³/mol. The van der Waals surface area contributed by atoms with E-state index in [0.717, 1.165) is 6.42 Å². The van der Waals surface area contributed by atoms with Crippen LogP contribution >= 0.6 is 0 Å². The summed E-state index contributed by atoms with van der Waals surface area (Å²) in [6.07, 6.45) is -0.0119. The summed E-state index contributed by atoms with van der Waals surface area (Å²) >= 11 is 0. The number of amides is 1. The molecule has 3 unspecified atom stereocenters. The third kappa shape index (κ3) is 3.09. The first-order chi connectivity index (χ1) is 6.49. The van der Waals surface area contributed by atoms with Crippen LogP contribution < -0.4 is 5.32 Å². The molecule has 0 spiro atoms. The van der Waals surface area contributed by atoms with Gasteiger partial charge in [-0.1, -0.05) is 20.3 Å². The average molecular weight is 241 g/mol. The number of carbonyl (C=O) groups excluding carboxylic acids is 1. The summed E-state index contributed by atoms with van der Waals surface area (Å²) in [4.78, 5) is 11.4. The van der Waals surface area contributed by atoms with E-state index in [1.807, 2.05) is 13.8 Å². The first-order valence-electron chi connectivity index (χ1n) is 4.87. The van der Waals surface area contributed by atoms with Gasteiger partial charge in [0.05, 0.1) is 11.6 Å². The van der Waals surface area contributed by atoms with E-state index in [9.17, 15) is 15.0 Å². The van der Waals surface area contributed by atoms with Crippen LogP contribution in [0.5, 0.6) is 0 Å². The molecule has 3 atom stereocenters. The van der Waals surface area contributed by atoms with Gasteiger partial charge >= 0.3 is 37.7 Å². The van der Waals surface area contributed by atoms with Gasteiger partial charge in [0.15, 0.2) is 0 Å². The molecule has 0 aliphatic carbocycles. The van der Waals surface area contributed by atoms with Crippen LogP contribution in [0, 0.1) is 5.92 Å². The molecule has 84 valence electrons. The second-order valence-corrected chi connectivity index (χ2v) is 3.83. The van der Waals surface area contributed by atoms with Crippen LogP contribution in [0.15, 0.2) is 11.3 Å². The van der Waals surface area contributed by atoms with Crippen LogP contribution in [0.25, 0.3) is 0 Å². The van der Waals surface area contributed by atoms with Gasteiger partial charge in [0.2, 0.25) is 0 Å². The Hall–Kier alpha value is 0.230. The maximum Gasteiger partial charge on any atom is 2.00 e. The number of rotatable bonds is 2. The largest absolute Gasteiger partial charge is 2.00 e. The van der Waals surface area contributed by atoms with Gasteiger partial charge in [0, 0.05) is 0 Å². The van der Waals surface area contributed by atoms with Gasteiger partial charge in [-0.3, -0.25) is 4.79 Å². The summed E-state index contributed by atoms with van der Waals surface area (Å²) in [7, 11) is 0. The molecule has 1 amide bonds. The molecule has 1 rings (SSSR count). The van der Waals surface area contributed by atoms with Crippen LogP contribution in [0.4, 0.5) is 0 Å². The Bertz CT molecular complexity index is 283. The molecule has 3 N–H and O–H groups in total. The van der Waals surface area contributed by atoms with E-state index in [-0.39, 0.29) is 69.8 Å². The summed E-state index contributed by atoms with van der Waals surface area (Å²) in [6.45, 7) is 5.37. The first kappa shape index (κ1) is 15.2. The average Bonchev–Trinajstić information content (AvgIpc) is 2.40. The Morgan fingerprint density at radius 3 is 2.53 bits per heavy atom. The maximum atomic E-state index is 11.4. The van der Waals surface area contributed by atoms with E-state index >= 15 is 0 Å². The standard InChI is InChI=1S/C10H17NO3.Ca.2H/c1-4-5(2)8-9(13)7(6(3)12)10(14)11-8;;;/h5,8-9,12-13H,4H2,1-3H3,(H,11,14);;;/q;+2;2*-1. The van der Waals surface area contributed by atoms with Gasteiger partial charge in [-0.15, -0.1) is 0 Å². The molecule has 1 heterocycles. The zero-order valence-corrected chi connectivity index (χ0v) is 11.7. The predicted octanol–water partition coefficient (Wildman–Crippen LogP) is 0.568. The van der Waals surface area contributed by atoms with Crippen LogP contribution in [-0.2, 0) is 4.79 Å². The van der Waals surface area contributed by atoms with Gasteiger partial charge in [-0.25, -0.2) is 0 Å². The van der Waals surface area contributed by atoms with Crippen molar-refractivity contribution >= 4 is 43.6 Å². The van der Waals surface area contributed by atoms with Crippen molar-refractivity contribution in [1.29, 1.82) is 0 Å². The van der Waals surface area contributed by atoms with Crippen LogP contribution in [0.2, 0.25) is 0 Å². The third-order valence-corrected chi connectivity index (χ3v) is 2.83. The van der Waals surface area contributed by atoms with E-state index in [4.69, 9.17) is 0 Å². The molecule has 0 saturated carbocycles. The Morgan fingerprint density at radius 1 is 1.67 bits per heavy atom. The number of nitrogens with one attached hydrogen (secondary N) is 1. The van der Waals surface area contributed by atoms with Crippen molar-refractivity contribution in [3.05, 3.63) is 11.3 Å².